The second-order valence-electron chi connectivity index (χ2n) is 4.92. The molecular formula is C14H17ClO5. The zero-order chi connectivity index (χ0) is 15.5. The Balaban J connectivity index is 2.89. The first kappa shape index (κ1) is 16.5. The summed E-state index contributed by atoms with van der Waals surface area (Å²) in [6.45, 7) is 4.32. The fraction of sp³-hybridized carbons (Fsp3) is 0.429. The topological polar surface area (TPSA) is 72.8 Å². The molecule has 1 N–H and O–H groups in total. The molecule has 0 heterocycles. The molecule has 0 saturated heterocycles. The lowest BCUT2D eigenvalue weighted by Gasteiger charge is -2.15. The Morgan fingerprint density at radius 1 is 1.35 bits per heavy atom. The van der Waals surface area contributed by atoms with Crippen molar-refractivity contribution in [2.45, 2.75) is 32.8 Å². The van der Waals surface area contributed by atoms with Gasteiger partial charge in [0.25, 0.3) is 0 Å². The van der Waals surface area contributed by atoms with Crippen LogP contribution >= 0.6 is 11.6 Å². The Hall–Kier alpha value is -1.59. The number of methoxy groups -OCH3 is 1. The van der Waals surface area contributed by atoms with Crippen LogP contribution < -0.4 is 4.74 Å². The summed E-state index contributed by atoms with van der Waals surface area (Å²) < 4.78 is 9.72. The van der Waals surface area contributed by atoms with Crippen LogP contribution in [0, 0.1) is 6.92 Å². The lowest BCUT2D eigenvalue weighted by molar-refractivity contribution is -0.171. The minimum absolute atomic E-state index is 0.218. The molecule has 0 amide bonds. The van der Waals surface area contributed by atoms with Gasteiger partial charge in [0.1, 0.15) is 5.75 Å². The zero-order valence-electron chi connectivity index (χ0n) is 11.8. The summed E-state index contributed by atoms with van der Waals surface area (Å²) >= 11 is 6.06. The lowest BCUT2D eigenvalue weighted by atomic mass is 10.1. The van der Waals surface area contributed by atoms with Crippen LogP contribution in [0.25, 0.3) is 0 Å². The third kappa shape index (κ3) is 4.21. The molecule has 0 aromatic heterocycles. The van der Waals surface area contributed by atoms with Gasteiger partial charge in [-0.05, 0) is 38.5 Å². The van der Waals surface area contributed by atoms with E-state index >= 15 is 0 Å². The van der Waals surface area contributed by atoms with Gasteiger partial charge < -0.3 is 14.6 Å². The molecule has 5 nitrogen and oxygen atoms in total. The fourth-order valence-corrected chi connectivity index (χ4v) is 1.83. The van der Waals surface area contributed by atoms with Gasteiger partial charge in [0.05, 0.1) is 13.5 Å². The number of aryl methyl sites for hydroxylation is 1. The summed E-state index contributed by atoms with van der Waals surface area (Å²) in [6.07, 6.45) is -0.218. The SMILES string of the molecule is COc1cc(C)cc(Cl)c1CC(=O)OC(=O)C(C)(C)O. The molecule has 20 heavy (non-hydrogen) atoms. The van der Waals surface area contributed by atoms with Crippen molar-refractivity contribution in [2.75, 3.05) is 7.11 Å². The van der Waals surface area contributed by atoms with E-state index in [4.69, 9.17) is 16.3 Å². The number of hydrogen-bond donors (Lipinski definition) is 1. The van der Waals surface area contributed by atoms with Crippen LogP contribution in [0.1, 0.15) is 25.0 Å². The van der Waals surface area contributed by atoms with Crippen molar-refractivity contribution in [1.82, 2.24) is 0 Å². The zero-order valence-corrected chi connectivity index (χ0v) is 12.6. The van der Waals surface area contributed by atoms with Gasteiger partial charge in [-0.2, -0.15) is 0 Å². The maximum absolute atomic E-state index is 11.7. The second kappa shape index (κ2) is 6.24. The highest BCUT2D eigenvalue weighted by Gasteiger charge is 2.28. The summed E-state index contributed by atoms with van der Waals surface area (Å²) in [6, 6.07) is 3.41. The monoisotopic (exact) mass is 300 g/mol. The molecule has 1 aromatic rings. The van der Waals surface area contributed by atoms with E-state index in [1.165, 1.54) is 21.0 Å². The van der Waals surface area contributed by atoms with E-state index < -0.39 is 17.5 Å². The molecule has 0 radical (unpaired) electrons. The number of hydrogen-bond acceptors (Lipinski definition) is 5. The molecular weight excluding hydrogens is 284 g/mol. The van der Waals surface area contributed by atoms with E-state index in [1.54, 1.807) is 12.1 Å². The van der Waals surface area contributed by atoms with E-state index in [-0.39, 0.29) is 6.42 Å². The Labute approximate surface area is 122 Å². The first-order chi connectivity index (χ1) is 9.15. The summed E-state index contributed by atoms with van der Waals surface area (Å²) in [5.41, 5.74) is -0.401. The number of aliphatic hydroxyl groups is 1. The summed E-state index contributed by atoms with van der Waals surface area (Å²) in [4.78, 5) is 23.1. The Bertz CT molecular complexity index is 531. The van der Waals surface area contributed by atoms with Crippen LogP contribution in [0.2, 0.25) is 5.02 Å². The van der Waals surface area contributed by atoms with Crippen molar-refractivity contribution in [1.29, 1.82) is 0 Å². The Morgan fingerprint density at radius 2 is 1.95 bits per heavy atom. The van der Waals surface area contributed by atoms with Crippen molar-refractivity contribution in [3.8, 4) is 5.75 Å². The largest absolute Gasteiger partial charge is 0.496 e. The van der Waals surface area contributed by atoms with Crippen molar-refractivity contribution >= 4 is 23.5 Å². The average Bonchev–Trinajstić information content (AvgIpc) is 2.30. The van der Waals surface area contributed by atoms with Crippen molar-refractivity contribution in [3.63, 3.8) is 0 Å². The van der Waals surface area contributed by atoms with Gasteiger partial charge >= 0.3 is 11.9 Å². The number of carbonyl (C=O) groups is 2. The number of ether oxygens (including phenoxy) is 2. The maximum atomic E-state index is 11.7. The summed E-state index contributed by atoms with van der Waals surface area (Å²) in [5.74, 6) is -1.37. The van der Waals surface area contributed by atoms with Crippen LogP contribution in [0.3, 0.4) is 0 Å². The van der Waals surface area contributed by atoms with Gasteiger partial charge in [-0.25, -0.2) is 4.79 Å². The predicted molar refractivity (Wildman–Crippen MR) is 73.8 cm³/mol. The molecule has 110 valence electrons. The van der Waals surface area contributed by atoms with Gasteiger partial charge in [0, 0.05) is 10.6 Å². The Kier molecular flexibility index (Phi) is 5.14. The average molecular weight is 301 g/mol. The number of rotatable bonds is 4. The molecule has 1 aromatic carbocycles. The van der Waals surface area contributed by atoms with Crippen LogP contribution in [0.4, 0.5) is 0 Å². The van der Waals surface area contributed by atoms with Gasteiger partial charge in [-0.3, -0.25) is 4.79 Å². The van der Waals surface area contributed by atoms with E-state index in [0.717, 1.165) is 5.56 Å². The van der Waals surface area contributed by atoms with E-state index in [0.29, 0.717) is 16.3 Å². The highest BCUT2D eigenvalue weighted by Crippen LogP contribution is 2.29. The van der Waals surface area contributed by atoms with Crippen molar-refractivity contribution in [3.05, 3.63) is 28.3 Å². The summed E-state index contributed by atoms with van der Waals surface area (Å²) in [7, 11) is 1.46. The molecule has 0 aliphatic carbocycles. The first-order valence-corrected chi connectivity index (χ1v) is 6.33. The van der Waals surface area contributed by atoms with E-state index in [2.05, 4.69) is 4.74 Å². The van der Waals surface area contributed by atoms with E-state index in [9.17, 15) is 14.7 Å². The number of esters is 2. The van der Waals surface area contributed by atoms with Crippen LogP contribution in [0.5, 0.6) is 5.75 Å². The number of halogens is 1. The van der Waals surface area contributed by atoms with Crippen molar-refractivity contribution in [2.24, 2.45) is 0 Å². The molecule has 6 heteroatoms. The van der Waals surface area contributed by atoms with Crippen LogP contribution in [0.15, 0.2) is 12.1 Å². The van der Waals surface area contributed by atoms with Gasteiger partial charge in [0.15, 0.2) is 5.60 Å². The molecule has 0 aliphatic heterocycles. The normalized spacial score (nSPS) is 11.1. The standard InChI is InChI=1S/C14H17ClO5/c1-8-5-10(15)9(11(6-8)19-4)7-12(16)20-13(17)14(2,3)18/h5-6,18H,7H2,1-4H3. The molecule has 0 bridgehead atoms. The highest BCUT2D eigenvalue weighted by molar-refractivity contribution is 6.31. The number of carbonyl (C=O) groups excluding carboxylic acids is 2. The van der Waals surface area contributed by atoms with E-state index in [1.807, 2.05) is 6.92 Å². The smallest absolute Gasteiger partial charge is 0.345 e. The molecule has 0 aliphatic rings. The quantitative estimate of drug-likeness (QED) is 0.680. The van der Waals surface area contributed by atoms with Gasteiger partial charge in [-0.1, -0.05) is 11.6 Å². The minimum atomic E-state index is -1.73. The molecule has 0 fully saturated rings. The molecule has 0 unspecified atom stereocenters. The highest BCUT2D eigenvalue weighted by atomic mass is 35.5. The molecule has 0 saturated carbocycles. The molecule has 1 rings (SSSR count). The predicted octanol–water partition coefficient (Wildman–Crippen LogP) is 2.04. The fourth-order valence-electron chi connectivity index (χ4n) is 1.50. The van der Waals surface area contributed by atoms with Gasteiger partial charge in [0.2, 0.25) is 0 Å². The maximum Gasteiger partial charge on any atom is 0.345 e. The van der Waals surface area contributed by atoms with Crippen LogP contribution in [-0.4, -0.2) is 29.8 Å². The summed E-state index contributed by atoms with van der Waals surface area (Å²) in [5, 5.41) is 9.77. The molecule has 0 atom stereocenters. The van der Waals surface area contributed by atoms with Crippen molar-refractivity contribution < 1.29 is 24.2 Å². The van der Waals surface area contributed by atoms with Gasteiger partial charge in [-0.15, -0.1) is 0 Å². The first-order valence-electron chi connectivity index (χ1n) is 5.95. The Morgan fingerprint density at radius 3 is 2.45 bits per heavy atom. The molecule has 0 spiro atoms. The second-order valence-corrected chi connectivity index (χ2v) is 5.33. The third-order valence-electron chi connectivity index (χ3n) is 2.55. The third-order valence-corrected chi connectivity index (χ3v) is 2.88. The lowest BCUT2D eigenvalue weighted by Crippen LogP contribution is -2.35. The van der Waals surface area contributed by atoms with Crippen LogP contribution in [-0.2, 0) is 20.7 Å². The minimum Gasteiger partial charge on any atom is -0.496 e. The number of benzene rings is 1.